The maximum atomic E-state index is 13.2. The highest BCUT2D eigenvalue weighted by Crippen LogP contribution is 2.23. The van der Waals surface area contributed by atoms with Gasteiger partial charge in [0, 0.05) is 17.9 Å². The Morgan fingerprint density at radius 2 is 1.71 bits per heavy atom. The number of aromatic amines is 1. The number of carbonyl (C=O) groups excluding carboxylic acids is 2. The molecule has 0 spiro atoms. The summed E-state index contributed by atoms with van der Waals surface area (Å²) in [6.45, 7) is 0.217. The molecule has 3 aromatic carbocycles. The number of carbonyl (C=O) groups is 2. The molecule has 0 bridgehead atoms. The SMILES string of the molecule is Nc1n[nH]c2cccc(C(=O)Nc3cccc(CNC(=O)Nc4cccc(F)c4)c3)c12. The van der Waals surface area contributed by atoms with E-state index in [1.165, 1.54) is 18.2 Å². The van der Waals surface area contributed by atoms with Gasteiger partial charge in [-0.3, -0.25) is 9.89 Å². The van der Waals surface area contributed by atoms with Crippen LogP contribution in [0.5, 0.6) is 0 Å². The lowest BCUT2D eigenvalue weighted by molar-refractivity contribution is 0.102. The third kappa shape index (κ3) is 4.61. The van der Waals surface area contributed by atoms with Crippen molar-refractivity contribution in [1.29, 1.82) is 0 Å². The number of hydrogen-bond acceptors (Lipinski definition) is 4. The fourth-order valence-corrected chi connectivity index (χ4v) is 3.17. The van der Waals surface area contributed by atoms with E-state index in [1.54, 1.807) is 42.5 Å². The first kappa shape index (κ1) is 19.9. The number of halogens is 1. The lowest BCUT2D eigenvalue weighted by Gasteiger charge is -2.10. The third-order valence-corrected chi connectivity index (χ3v) is 4.58. The van der Waals surface area contributed by atoms with E-state index >= 15 is 0 Å². The highest BCUT2D eigenvalue weighted by atomic mass is 19.1. The summed E-state index contributed by atoms with van der Waals surface area (Å²) >= 11 is 0. The summed E-state index contributed by atoms with van der Waals surface area (Å²) in [5, 5.41) is 15.4. The van der Waals surface area contributed by atoms with E-state index in [-0.39, 0.29) is 18.3 Å². The molecule has 0 aliphatic rings. The summed E-state index contributed by atoms with van der Waals surface area (Å²) in [4.78, 5) is 24.8. The first-order valence-electron chi connectivity index (χ1n) is 9.43. The average molecular weight is 418 g/mol. The van der Waals surface area contributed by atoms with Crippen LogP contribution in [0, 0.1) is 5.82 Å². The van der Waals surface area contributed by atoms with Gasteiger partial charge in [-0.1, -0.05) is 24.3 Å². The van der Waals surface area contributed by atoms with Gasteiger partial charge in [-0.15, -0.1) is 0 Å². The number of fused-ring (bicyclic) bond motifs is 1. The Morgan fingerprint density at radius 3 is 2.52 bits per heavy atom. The second-order valence-corrected chi connectivity index (χ2v) is 6.81. The van der Waals surface area contributed by atoms with Crippen molar-refractivity contribution < 1.29 is 14.0 Å². The van der Waals surface area contributed by atoms with E-state index in [1.807, 2.05) is 6.07 Å². The van der Waals surface area contributed by atoms with Crippen LogP contribution in [0.2, 0.25) is 0 Å². The van der Waals surface area contributed by atoms with Crippen molar-refractivity contribution in [2.75, 3.05) is 16.4 Å². The van der Waals surface area contributed by atoms with Crippen LogP contribution in [0.15, 0.2) is 66.7 Å². The molecule has 1 aromatic heterocycles. The molecule has 31 heavy (non-hydrogen) atoms. The fourth-order valence-electron chi connectivity index (χ4n) is 3.17. The number of benzene rings is 3. The molecule has 4 rings (SSSR count). The van der Waals surface area contributed by atoms with Gasteiger partial charge in [0.2, 0.25) is 0 Å². The van der Waals surface area contributed by atoms with Gasteiger partial charge in [0.15, 0.2) is 5.82 Å². The van der Waals surface area contributed by atoms with Crippen LogP contribution >= 0.6 is 0 Å². The zero-order chi connectivity index (χ0) is 21.8. The fraction of sp³-hybridized carbons (Fsp3) is 0.0455. The summed E-state index contributed by atoms with van der Waals surface area (Å²) in [7, 11) is 0. The predicted molar refractivity (Wildman–Crippen MR) is 117 cm³/mol. The molecule has 9 heteroatoms. The lowest BCUT2D eigenvalue weighted by Crippen LogP contribution is -2.28. The average Bonchev–Trinajstić information content (AvgIpc) is 3.14. The molecule has 0 saturated heterocycles. The number of hydrogen-bond donors (Lipinski definition) is 5. The first-order valence-corrected chi connectivity index (χ1v) is 9.43. The molecule has 0 fully saturated rings. The van der Waals surface area contributed by atoms with Crippen LogP contribution < -0.4 is 21.7 Å². The minimum atomic E-state index is -0.470. The second-order valence-electron chi connectivity index (χ2n) is 6.81. The minimum absolute atomic E-state index is 0.217. The van der Waals surface area contributed by atoms with E-state index in [0.717, 1.165) is 5.56 Å². The summed E-state index contributed by atoms with van der Waals surface area (Å²) in [5.74, 6) is -0.509. The summed E-state index contributed by atoms with van der Waals surface area (Å²) in [6.07, 6.45) is 0. The largest absolute Gasteiger partial charge is 0.382 e. The smallest absolute Gasteiger partial charge is 0.319 e. The van der Waals surface area contributed by atoms with E-state index in [2.05, 4.69) is 26.1 Å². The van der Waals surface area contributed by atoms with E-state index in [9.17, 15) is 14.0 Å². The molecule has 3 amide bonds. The molecule has 0 atom stereocenters. The van der Waals surface area contributed by atoms with Gasteiger partial charge in [-0.05, 0) is 48.0 Å². The number of nitrogen functional groups attached to an aromatic ring is 1. The Morgan fingerprint density at radius 1 is 0.968 bits per heavy atom. The third-order valence-electron chi connectivity index (χ3n) is 4.58. The monoisotopic (exact) mass is 418 g/mol. The maximum absolute atomic E-state index is 13.2. The van der Waals surface area contributed by atoms with Crippen molar-refractivity contribution in [3.63, 3.8) is 0 Å². The number of amides is 3. The maximum Gasteiger partial charge on any atom is 0.319 e. The Balaban J connectivity index is 1.40. The minimum Gasteiger partial charge on any atom is -0.382 e. The van der Waals surface area contributed by atoms with Crippen molar-refractivity contribution in [2.24, 2.45) is 0 Å². The van der Waals surface area contributed by atoms with Gasteiger partial charge in [-0.25, -0.2) is 9.18 Å². The Hall–Kier alpha value is -4.40. The van der Waals surface area contributed by atoms with E-state index in [4.69, 9.17) is 5.73 Å². The molecule has 8 nitrogen and oxygen atoms in total. The molecule has 0 aliphatic heterocycles. The molecule has 1 heterocycles. The van der Waals surface area contributed by atoms with Crippen LogP contribution in [0.1, 0.15) is 15.9 Å². The van der Waals surface area contributed by atoms with Crippen molar-refractivity contribution >= 4 is 40.0 Å². The number of anilines is 3. The highest BCUT2D eigenvalue weighted by Gasteiger charge is 2.14. The molecule has 6 N–H and O–H groups in total. The zero-order valence-electron chi connectivity index (χ0n) is 16.3. The molecule has 0 saturated carbocycles. The van der Waals surface area contributed by atoms with Crippen LogP contribution in [0.3, 0.4) is 0 Å². The molecule has 0 aliphatic carbocycles. The van der Waals surface area contributed by atoms with E-state index < -0.39 is 11.8 Å². The van der Waals surface area contributed by atoms with Crippen LogP contribution in [-0.4, -0.2) is 22.1 Å². The zero-order valence-corrected chi connectivity index (χ0v) is 16.3. The molecular weight excluding hydrogens is 399 g/mol. The van der Waals surface area contributed by atoms with E-state index in [0.29, 0.717) is 27.8 Å². The number of aromatic nitrogens is 2. The molecular formula is C22H19FN6O2. The molecule has 156 valence electrons. The van der Waals surface area contributed by atoms with Gasteiger partial charge < -0.3 is 21.7 Å². The molecule has 0 radical (unpaired) electrons. The molecule has 0 unspecified atom stereocenters. The number of nitrogens with one attached hydrogen (secondary N) is 4. The van der Waals surface area contributed by atoms with Gasteiger partial charge >= 0.3 is 6.03 Å². The Labute approximate surface area is 176 Å². The van der Waals surface area contributed by atoms with Gasteiger partial charge in [-0.2, -0.15) is 5.10 Å². The van der Waals surface area contributed by atoms with Crippen LogP contribution in [-0.2, 0) is 6.54 Å². The van der Waals surface area contributed by atoms with Gasteiger partial charge in [0.05, 0.1) is 16.5 Å². The van der Waals surface area contributed by atoms with Crippen LogP contribution in [0.25, 0.3) is 10.9 Å². The lowest BCUT2D eigenvalue weighted by atomic mass is 10.1. The number of nitrogens with zero attached hydrogens (tertiary/aromatic N) is 1. The molecule has 4 aromatic rings. The second kappa shape index (κ2) is 8.54. The highest BCUT2D eigenvalue weighted by molar-refractivity contribution is 6.14. The summed E-state index contributed by atoms with van der Waals surface area (Å²) < 4.78 is 13.2. The van der Waals surface area contributed by atoms with Gasteiger partial charge in [0.1, 0.15) is 5.82 Å². The Kier molecular flexibility index (Phi) is 5.48. The predicted octanol–water partition coefficient (Wildman–Crippen LogP) is 3.86. The van der Waals surface area contributed by atoms with Gasteiger partial charge in [0.25, 0.3) is 5.91 Å². The Bertz CT molecular complexity index is 1270. The summed E-state index contributed by atoms with van der Waals surface area (Å²) in [5.41, 5.74) is 8.64. The number of rotatable bonds is 5. The van der Waals surface area contributed by atoms with Crippen molar-refractivity contribution in [3.8, 4) is 0 Å². The van der Waals surface area contributed by atoms with Crippen LogP contribution in [0.4, 0.5) is 26.4 Å². The first-order chi connectivity index (χ1) is 15.0. The number of nitrogens with two attached hydrogens (primary N) is 1. The van der Waals surface area contributed by atoms with Crippen molar-refractivity contribution in [1.82, 2.24) is 15.5 Å². The normalized spacial score (nSPS) is 10.6. The topological polar surface area (TPSA) is 125 Å². The quantitative estimate of drug-likeness (QED) is 0.337. The van der Waals surface area contributed by atoms with Crippen molar-refractivity contribution in [3.05, 3.63) is 83.7 Å². The standard InChI is InChI=1S/C22H19FN6O2/c23-14-5-2-7-16(11-14)27-22(31)25-12-13-4-1-6-15(10-13)26-21(30)17-8-3-9-18-19(17)20(24)29-28-18/h1-11H,12H2,(H,26,30)(H3,24,28,29)(H2,25,27,31). The van der Waals surface area contributed by atoms with Crippen molar-refractivity contribution in [2.45, 2.75) is 6.54 Å². The number of urea groups is 1. The summed E-state index contributed by atoms with van der Waals surface area (Å²) in [6, 6.07) is 17.4. The number of H-pyrrole nitrogens is 1.